The summed E-state index contributed by atoms with van der Waals surface area (Å²) in [6.45, 7) is -1.14. The molecule has 2 amide bonds. The number of rotatable bonds is 3. The standard InChI is InChI=1S/C9H10F6N4O2/c1-19-4(8(10,11)12)2-6(18-19)17-7(21)16-3-5(20)9(13,14)15/h2,5,20H,3H2,1H3,(H2,16,17,18,21)/t5-/m0/s1. The smallest absolute Gasteiger partial charge is 0.382 e. The minimum absolute atomic E-state index is 0.459. The minimum Gasteiger partial charge on any atom is -0.382 e. The number of nitrogens with one attached hydrogen (secondary N) is 2. The average Bonchev–Trinajstić information content (AvgIpc) is 2.65. The maximum Gasteiger partial charge on any atom is 0.433 e. The molecule has 0 fully saturated rings. The molecular formula is C9H10F6N4O2. The SMILES string of the molecule is Cn1nc(NC(=O)NC[C@H](O)C(F)(F)F)cc1C(F)(F)F. The fourth-order valence-electron chi connectivity index (χ4n) is 1.26. The van der Waals surface area contributed by atoms with Gasteiger partial charge >= 0.3 is 18.4 Å². The van der Waals surface area contributed by atoms with E-state index < -0.39 is 42.5 Å². The lowest BCUT2D eigenvalue weighted by Crippen LogP contribution is -2.42. The van der Waals surface area contributed by atoms with Crippen molar-refractivity contribution in [3.05, 3.63) is 11.8 Å². The van der Waals surface area contributed by atoms with Gasteiger partial charge in [0.15, 0.2) is 11.9 Å². The van der Waals surface area contributed by atoms with Crippen molar-refractivity contribution in [1.29, 1.82) is 0 Å². The van der Waals surface area contributed by atoms with Gasteiger partial charge in [0.05, 0.1) is 6.54 Å². The van der Waals surface area contributed by atoms with Crippen LogP contribution in [0.3, 0.4) is 0 Å². The highest BCUT2D eigenvalue weighted by Gasteiger charge is 2.38. The topological polar surface area (TPSA) is 79.2 Å². The van der Waals surface area contributed by atoms with Crippen molar-refractivity contribution in [3.8, 4) is 0 Å². The molecule has 0 spiro atoms. The Morgan fingerprint density at radius 1 is 1.38 bits per heavy atom. The highest BCUT2D eigenvalue weighted by Crippen LogP contribution is 2.30. The predicted molar refractivity (Wildman–Crippen MR) is 57.3 cm³/mol. The van der Waals surface area contributed by atoms with Crippen LogP contribution in [-0.4, -0.2) is 39.7 Å². The summed E-state index contributed by atoms with van der Waals surface area (Å²) in [4.78, 5) is 11.2. The third-order valence-corrected chi connectivity index (χ3v) is 2.25. The molecule has 120 valence electrons. The molecule has 0 unspecified atom stereocenters. The molecule has 12 heteroatoms. The zero-order chi connectivity index (χ0) is 16.4. The summed E-state index contributed by atoms with van der Waals surface area (Å²) in [6.07, 6.45) is -12.4. The summed E-state index contributed by atoms with van der Waals surface area (Å²) in [5.74, 6) is -0.496. The number of aryl methyl sites for hydroxylation is 1. The first-order chi connectivity index (χ1) is 9.41. The van der Waals surface area contributed by atoms with E-state index in [9.17, 15) is 31.1 Å². The molecule has 0 radical (unpaired) electrons. The quantitative estimate of drug-likeness (QED) is 0.738. The fraction of sp³-hybridized carbons (Fsp3) is 0.556. The number of alkyl halides is 6. The lowest BCUT2D eigenvalue weighted by atomic mass is 10.3. The van der Waals surface area contributed by atoms with E-state index in [-0.39, 0.29) is 0 Å². The number of halogens is 6. The Labute approximate surface area is 113 Å². The van der Waals surface area contributed by atoms with Gasteiger partial charge in [-0.15, -0.1) is 0 Å². The molecule has 0 aliphatic heterocycles. The third kappa shape index (κ3) is 4.81. The number of carbonyl (C=O) groups excluding carboxylic acids is 1. The molecule has 0 saturated heterocycles. The first-order valence-electron chi connectivity index (χ1n) is 5.32. The second kappa shape index (κ2) is 5.79. The van der Waals surface area contributed by atoms with E-state index >= 15 is 0 Å². The maximum absolute atomic E-state index is 12.4. The number of hydrogen-bond donors (Lipinski definition) is 3. The molecule has 1 aromatic heterocycles. The Bertz CT molecular complexity index is 509. The van der Waals surface area contributed by atoms with Crippen molar-refractivity contribution in [2.45, 2.75) is 18.5 Å². The van der Waals surface area contributed by atoms with E-state index in [1.165, 1.54) is 0 Å². The van der Waals surface area contributed by atoms with Gasteiger partial charge in [-0.3, -0.25) is 10.00 Å². The van der Waals surface area contributed by atoms with Gasteiger partial charge in [0.25, 0.3) is 0 Å². The predicted octanol–water partition coefficient (Wildman–Crippen LogP) is 1.48. The lowest BCUT2D eigenvalue weighted by molar-refractivity contribution is -0.201. The molecular weight excluding hydrogens is 310 g/mol. The van der Waals surface area contributed by atoms with Crippen LogP contribution in [0.5, 0.6) is 0 Å². The van der Waals surface area contributed by atoms with Crippen LogP contribution >= 0.6 is 0 Å². The highest BCUT2D eigenvalue weighted by atomic mass is 19.4. The van der Waals surface area contributed by atoms with Crippen LogP contribution in [0.4, 0.5) is 37.0 Å². The number of aliphatic hydroxyl groups is 1. The average molecular weight is 320 g/mol. The molecule has 1 atom stereocenters. The molecule has 1 aromatic rings. The van der Waals surface area contributed by atoms with E-state index in [1.54, 1.807) is 5.32 Å². The molecule has 3 N–H and O–H groups in total. The monoisotopic (exact) mass is 320 g/mol. The minimum atomic E-state index is -4.91. The number of amides is 2. The molecule has 0 saturated carbocycles. The van der Waals surface area contributed by atoms with Gasteiger partial charge in [-0.2, -0.15) is 31.4 Å². The van der Waals surface area contributed by atoms with Gasteiger partial charge in [0, 0.05) is 13.1 Å². The van der Waals surface area contributed by atoms with Gasteiger partial charge in [0.1, 0.15) is 5.69 Å². The zero-order valence-corrected chi connectivity index (χ0v) is 10.4. The zero-order valence-electron chi connectivity index (χ0n) is 10.4. The van der Waals surface area contributed by atoms with Crippen LogP contribution in [0.15, 0.2) is 6.07 Å². The van der Waals surface area contributed by atoms with Crippen LogP contribution in [0.1, 0.15) is 5.69 Å². The number of urea groups is 1. The van der Waals surface area contributed by atoms with E-state index in [1.807, 2.05) is 5.32 Å². The second-order valence-electron chi connectivity index (χ2n) is 3.93. The van der Waals surface area contributed by atoms with Gasteiger partial charge in [0.2, 0.25) is 0 Å². The maximum atomic E-state index is 12.4. The van der Waals surface area contributed by atoms with Crippen LogP contribution in [0.2, 0.25) is 0 Å². The van der Waals surface area contributed by atoms with Crippen LogP contribution in [0.25, 0.3) is 0 Å². The van der Waals surface area contributed by atoms with Crippen LogP contribution in [0, 0.1) is 0 Å². The second-order valence-corrected chi connectivity index (χ2v) is 3.93. The number of nitrogens with zero attached hydrogens (tertiary/aromatic N) is 2. The van der Waals surface area contributed by atoms with E-state index in [0.29, 0.717) is 10.7 Å². The van der Waals surface area contributed by atoms with Crippen molar-refractivity contribution < 1.29 is 36.2 Å². The molecule has 1 heterocycles. The molecule has 0 aromatic carbocycles. The molecule has 21 heavy (non-hydrogen) atoms. The normalized spacial score (nSPS) is 13.9. The molecule has 1 rings (SSSR count). The molecule has 0 aliphatic carbocycles. The van der Waals surface area contributed by atoms with Crippen molar-refractivity contribution in [3.63, 3.8) is 0 Å². The van der Waals surface area contributed by atoms with Gasteiger partial charge < -0.3 is 10.4 Å². The number of anilines is 1. The number of carbonyl (C=O) groups is 1. The van der Waals surface area contributed by atoms with Crippen molar-refractivity contribution in [1.82, 2.24) is 15.1 Å². The van der Waals surface area contributed by atoms with Gasteiger partial charge in [-0.05, 0) is 0 Å². The highest BCUT2D eigenvalue weighted by molar-refractivity contribution is 5.88. The van der Waals surface area contributed by atoms with Gasteiger partial charge in [-0.1, -0.05) is 0 Å². The van der Waals surface area contributed by atoms with E-state index in [0.717, 1.165) is 7.05 Å². The van der Waals surface area contributed by atoms with E-state index in [4.69, 9.17) is 5.11 Å². The Kier molecular flexibility index (Phi) is 4.71. The number of aromatic nitrogens is 2. The Morgan fingerprint density at radius 3 is 2.38 bits per heavy atom. The molecule has 6 nitrogen and oxygen atoms in total. The summed E-state index contributed by atoms with van der Waals surface area (Å²) in [6, 6.07) is -0.718. The van der Waals surface area contributed by atoms with Crippen molar-refractivity contribution >= 4 is 11.8 Å². The van der Waals surface area contributed by atoms with Crippen molar-refractivity contribution in [2.75, 3.05) is 11.9 Å². The van der Waals surface area contributed by atoms with Crippen molar-refractivity contribution in [2.24, 2.45) is 7.05 Å². The molecule has 0 bridgehead atoms. The summed E-state index contributed by atoms with van der Waals surface area (Å²) in [5.41, 5.74) is -1.15. The summed E-state index contributed by atoms with van der Waals surface area (Å²) in [5, 5.41) is 15.4. The molecule has 0 aliphatic rings. The first kappa shape index (κ1) is 17.1. The van der Waals surface area contributed by atoms with Crippen LogP contribution in [-0.2, 0) is 13.2 Å². The summed E-state index contributed by atoms with van der Waals surface area (Å²) < 4.78 is 73.6. The van der Waals surface area contributed by atoms with E-state index in [2.05, 4.69) is 5.10 Å². The third-order valence-electron chi connectivity index (χ3n) is 2.25. The number of aliphatic hydroxyl groups excluding tert-OH is 1. The Hall–Kier alpha value is -1.98. The Morgan fingerprint density at radius 2 is 1.95 bits per heavy atom. The fourth-order valence-corrected chi connectivity index (χ4v) is 1.26. The Balaban J connectivity index is 2.61. The first-order valence-corrected chi connectivity index (χ1v) is 5.32. The summed E-state index contributed by atoms with van der Waals surface area (Å²) in [7, 11) is 0.985. The summed E-state index contributed by atoms with van der Waals surface area (Å²) >= 11 is 0. The van der Waals surface area contributed by atoms with Crippen LogP contribution < -0.4 is 10.6 Å². The van der Waals surface area contributed by atoms with Gasteiger partial charge in [-0.25, -0.2) is 4.79 Å². The largest absolute Gasteiger partial charge is 0.433 e. The lowest BCUT2D eigenvalue weighted by Gasteiger charge is -2.14. The number of hydrogen-bond acceptors (Lipinski definition) is 3.